The highest BCUT2D eigenvalue weighted by Crippen LogP contribution is 2.06. The maximum absolute atomic E-state index is 12.7. The minimum atomic E-state index is -0.669. The van der Waals surface area contributed by atoms with Crippen LogP contribution in [0, 0.1) is 11.7 Å². The number of carbonyl (C=O) groups is 2. The van der Waals surface area contributed by atoms with E-state index in [1.54, 1.807) is 0 Å². The standard InChI is InChI=1S/C14H18FNO3/c1-9(2)13(14(18)19-3)16-12(17)8-10-4-6-11(15)7-5-10/h4-7,9,13H,8H2,1-3H3,(H,16,17)/t13-/m0/s1. The van der Waals surface area contributed by atoms with Crippen molar-refractivity contribution in [2.24, 2.45) is 5.92 Å². The van der Waals surface area contributed by atoms with Gasteiger partial charge in [-0.2, -0.15) is 0 Å². The summed E-state index contributed by atoms with van der Waals surface area (Å²) in [4.78, 5) is 23.3. The number of rotatable bonds is 5. The van der Waals surface area contributed by atoms with Crippen LogP contribution in [-0.2, 0) is 20.7 Å². The van der Waals surface area contributed by atoms with Crippen LogP contribution in [0.4, 0.5) is 4.39 Å². The van der Waals surface area contributed by atoms with E-state index in [0.29, 0.717) is 5.56 Å². The summed E-state index contributed by atoms with van der Waals surface area (Å²) in [5, 5.41) is 2.62. The van der Waals surface area contributed by atoms with Gasteiger partial charge in [0.25, 0.3) is 0 Å². The Morgan fingerprint density at radius 2 is 1.84 bits per heavy atom. The van der Waals surface area contributed by atoms with Crippen LogP contribution in [0.25, 0.3) is 0 Å². The lowest BCUT2D eigenvalue weighted by Gasteiger charge is -2.19. The fourth-order valence-electron chi connectivity index (χ4n) is 1.64. The van der Waals surface area contributed by atoms with E-state index in [0.717, 1.165) is 0 Å². The van der Waals surface area contributed by atoms with Gasteiger partial charge in [0.05, 0.1) is 13.5 Å². The van der Waals surface area contributed by atoms with Gasteiger partial charge in [0.2, 0.25) is 5.91 Å². The topological polar surface area (TPSA) is 55.4 Å². The number of esters is 1. The molecule has 0 aliphatic heterocycles. The fourth-order valence-corrected chi connectivity index (χ4v) is 1.64. The van der Waals surface area contributed by atoms with Gasteiger partial charge in [-0.25, -0.2) is 9.18 Å². The van der Waals surface area contributed by atoms with Crippen molar-refractivity contribution in [2.45, 2.75) is 26.3 Å². The van der Waals surface area contributed by atoms with Crippen molar-refractivity contribution >= 4 is 11.9 Å². The molecule has 1 rings (SSSR count). The summed E-state index contributed by atoms with van der Waals surface area (Å²) in [7, 11) is 1.28. The van der Waals surface area contributed by atoms with E-state index in [-0.39, 0.29) is 24.1 Å². The maximum Gasteiger partial charge on any atom is 0.328 e. The number of carbonyl (C=O) groups excluding carboxylic acids is 2. The smallest absolute Gasteiger partial charge is 0.328 e. The predicted octanol–water partition coefficient (Wildman–Crippen LogP) is 1.68. The minimum absolute atomic E-state index is 0.0652. The summed E-state index contributed by atoms with van der Waals surface area (Å²) in [6.07, 6.45) is 0.0977. The molecule has 4 nitrogen and oxygen atoms in total. The monoisotopic (exact) mass is 267 g/mol. The zero-order valence-corrected chi connectivity index (χ0v) is 11.3. The number of halogens is 1. The van der Waals surface area contributed by atoms with Gasteiger partial charge >= 0.3 is 5.97 Å². The molecule has 0 saturated carbocycles. The number of hydrogen-bond acceptors (Lipinski definition) is 3. The lowest BCUT2D eigenvalue weighted by atomic mass is 10.0. The van der Waals surface area contributed by atoms with Crippen LogP contribution < -0.4 is 5.32 Å². The summed E-state index contributed by atoms with van der Waals surface area (Å²) in [6.45, 7) is 3.64. The first-order valence-electron chi connectivity index (χ1n) is 6.05. The number of nitrogens with one attached hydrogen (secondary N) is 1. The second kappa shape index (κ2) is 6.87. The lowest BCUT2D eigenvalue weighted by molar-refractivity contribution is -0.146. The van der Waals surface area contributed by atoms with E-state index >= 15 is 0 Å². The Morgan fingerprint density at radius 1 is 1.26 bits per heavy atom. The number of amides is 1. The average Bonchev–Trinajstić information content (AvgIpc) is 2.37. The molecule has 0 aliphatic rings. The molecule has 0 spiro atoms. The first kappa shape index (κ1) is 15.1. The van der Waals surface area contributed by atoms with Gasteiger partial charge in [0, 0.05) is 0 Å². The molecule has 0 aromatic heterocycles. The van der Waals surface area contributed by atoms with E-state index < -0.39 is 12.0 Å². The second-order valence-electron chi connectivity index (χ2n) is 4.62. The van der Waals surface area contributed by atoms with Crippen molar-refractivity contribution in [1.82, 2.24) is 5.32 Å². The molecule has 0 heterocycles. The van der Waals surface area contributed by atoms with E-state index in [1.165, 1.54) is 31.4 Å². The normalized spacial score (nSPS) is 12.1. The predicted molar refractivity (Wildman–Crippen MR) is 68.9 cm³/mol. The Labute approximate surface area is 112 Å². The summed E-state index contributed by atoms with van der Waals surface area (Å²) in [5.74, 6) is -1.18. The number of benzene rings is 1. The largest absolute Gasteiger partial charge is 0.467 e. The average molecular weight is 267 g/mol. The molecule has 104 valence electrons. The van der Waals surface area contributed by atoms with E-state index in [1.807, 2.05) is 13.8 Å². The Hall–Kier alpha value is -1.91. The van der Waals surface area contributed by atoms with Gasteiger partial charge in [-0.3, -0.25) is 4.79 Å². The number of ether oxygens (including phenoxy) is 1. The first-order valence-corrected chi connectivity index (χ1v) is 6.05. The van der Waals surface area contributed by atoms with E-state index in [2.05, 4.69) is 10.1 Å². The van der Waals surface area contributed by atoms with E-state index in [9.17, 15) is 14.0 Å². The quantitative estimate of drug-likeness (QED) is 0.826. The highest BCUT2D eigenvalue weighted by Gasteiger charge is 2.24. The zero-order chi connectivity index (χ0) is 14.4. The summed E-state index contributed by atoms with van der Waals surface area (Å²) < 4.78 is 17.4. The third-order valence-electron chi connectivity index (χ3n) is 2.72. The van der Waals surface area contributed by atoms with Gasteiger partial charge in [0.1, 0.15) is 11.9 Å². The van der Waals surface area contributed by atoms with Gasteiger partial charge in [-0.15, -0.1) is 0 Å². The van der Waals surface area contributed by atoms with Crippen molar-refractivity contribution in [3.8, 4) is 0 Å². The third-order valence-corrected chi connectivity index (χ3v) is 2.72. The van der Waals surface area contributed by atoms with E-state index in [4.69, 9.17) is 0 Å². The van der Waals surface area contributed by atoms with Crippen LogP contribution in [0.3, 0.4) is 0 Å². The Morgan fingerprint density at radius 3 is 2.32 bits per heavy atom. The minimum Gasteiger partial charge on any atom is -0.467 e. The number of methoxy groups -OCH3 is 1. The molecule has 1 N–H and O–H groups in total. The molecule has 1 atom stereocenters. The molecule has 5 heteroatoms. The van der Waals surface area contributed by atoms with Crippen LogP contribution in [-0.4, -0.2) is 25.0 Å². The molecule has 0 saturated heterocycles. The van der Waals surface area contributed by atoms with Gasteiger partial charge in [-0.1, -0.05) is 26.0 Å². The molecule has 19 heavy (non-hydrogen) atoms. The van der Waals surface area contributed by atoms with Crippen molar-refractivity contribution < 1.29 is 18.7 Å². The van der Waals surface area contributed by atoms with Crippen LogP contribution in [0.5, 0.6) is 0 Å². The summed E-state index contributed by atoms with van der Waals surface area (Å²) in [6, 6.07) is 5.00. The molecule has 1 aromatic rings. The maximum atomic E-state index is 12.7. The SMILES string of the molecule is COC(=O)[C@@H](NC(=O)Cc1ccc(F)cc1)C(C)C. The van der Waals surface area contributed by atoms with Crippen LogP contribution in [0.15, 0.2) is 24.3 Å². The second-order valence-corrected chi connectivity index (χ2v) is 4.62. The van der Waals surface area contributed by atoms with Crippen LogP contribution in [0.1, 0.15) is 19.4 Å². The highest BCUT2D eigenvalue weighted by atomic mass is 19.1. The highest BCUT2D eigenvalue weighted by molar-refractivity contribution is 5.85. The molecule has 1 amide bonds. The van der Waals surface area contributed by atoms with Gasteiger partial charge < -0.3 is 10.1 Å². The van der Waals surface area contributed by atoms with Crippen LogP contribution >= 0.6 is 0 Å². The third kappa shape index (κ3) is 4.69. The van der Waals surface area contributed by atoms with Crippen molar-refractivity contribution in [1.29, 1.82) is 0 Å². The summed E-state index contributed by atoms with van der Waals surface area (Å²) in [5.41, 5.74) is 0.686. The van der Waals surface area contributed by atoms with Gasteiger partial charge in [-0.05, 0) is 23.6 Å². The first-order chi connectivity index (χ1) is 8.93. The Kier molecular flexibility index (Phi) is 5.48. The lowest BCUT2D eigenvalue weighted by Crippen LogP contribution is -2.45. The fraction of sp³-hybridized carbons (Fsp3) is 0.429. The van der Waals surface area contributed by atoms with Crippen molar-refractivity contribution in [3.05, 3.63) is 35.6 Å². The van der Waals surface area contributed by atoms with Crippen molar-refractivity contribution in [3.63, 3.8) is 0 Å². The van der Waals surface area contributed by atoms with Crippen molar-refractivity contribution in [2.75, 3.05) is 7.11 Å². The molecular weight excluding hydrogens is 249 g/mol. The molecule has 0 fully saturated rings. The van der Waals surface area contributed by atoms with Gasteiger partial charge in [0.15, 0.2) is 0 Å². The molecule has 0 unspecified atom stereocenters. The number of hydrogen-bond donors (Lipinski definition) is 1. The van der Waals surface area contributed by atoms with Crippen LogP contribution in [0.2, 0.25) is 0 Å². The zero-order valence-electron chi connectivity index (χ0n) is 11.3. The summed E-state index contributed by atoms with van der Waals surface area (Å²) >= 11 is 0. The Balaban J connectivity index is 2.62. The molecular formula is C14H18FNO3. The molecule has 0 aliphatic carbocycles. The molecule has 0 bridgehead atoms. The molecule has 1 aromatic carbocycles. The molecule has 0 radical (unpaired) electrons. The Bertz CT molecular complexity index is 443.